The zero-order chi connectivity index (χ0) is 14.0. The Bertz CT molecular complexity index is 577. The molecule has 2 aromatic carbocycles. The van der Waals surface area contributed by atoms with Crippen LogP contribution in [-0.2, 0) is 0 Å². The number of hydrogen-bond acceptors (Lipinski definition) is 1. The van der Waals surface area contributed by atoms with Crippen molar-refractivity contribution in [1.82, 2.24) is 0 Å². The van der Waals surface area contributed by atoms with Crippen molar-refractivity contribution in [2.75, 3.05) is 0 Å². The summed E-state index contributed by atoms with van der Waals surface area (Å²) in [5.74, 6) is 12.0. The van der Waals surface area contributed by atoms with Crippen molar-refractivity contribution in [1.29, 1.82) is 0 Å². The first-order valence-electron chi connectivity index (χ1n) is 6.60. The van der Waals surface area contributed by atoms with Crippen LogP contribution < -0.4 is 0 Å². The lowest BCUT2D eigenvalue weighted by atomic mass is 10.1. The topological polar surface area (TPSA) is 20.2 Å². The van der Waals surface area contributed by atoms with Crippen molar-refractivity contribution >= 4 is 0 Å². The van der Waals surface area contributed by atoms with Crippen LogP contribution in [0.1, 0.15) is 24.0 Å². The van der Waals surface area contributed by atoms with Crippen LogP contribution in [0.2, 0.25) is 0 Å². The van der Waals surface area contributed by atoms with Gasteiger partial charge in [-0.25, -0.2) is 0 Å². The molecule has 0 aliphatic heterocycles. The molecule has 0 aliphatic carbocycles. The molecule has 0 radical (unpaired) electrons. The molecular weight excluding hydrogens is 244 g/mol. The summed E-state index contributed by atoms with van der Waals surface area (Å²) in [6.07, 6.45) is 0.388. The SMILES string of the molecule is OC(CC#Cc1ccccc1)CC#Cc1ccccc1. The molecular formula is C19H16O. The van der Waals surface area contributed by atoms with Gasteiger partial charge in [0.25, 0.3) is 0 Å². The monoisotopic (exact) mass is 260 g/mol. The van der Waals surface area contributed by atoms with Gasteiger partial charge in [-0.3, -0.25) is 0 Å². The molecule has 1 N–H and O–H groups in total. The third kappa shape index (κ3) is 5.02. The van der Waals surface area contributed by atoms with Crippen LogP contribution in [0.5, 0.6) is 0 Å². The van der Waals surface area contributed by atoms with Gasteiger partial charge in [0.1, 0.15) is 0 Å². The molecule has 1 nitrogen and oxygen atoms in total. The summed E-state index contributed by atoms with van der Waals surface area (Å²) < 4.78 is 0. The van der Waals surface area contributed by atoms with Gasteiger partial charge in [0.05, 0.1) is 6.10 Å². The third-order valence-electron chi connectivity index (χ3n) is 2.69. The average Bonchev–Trinajstić information content (AvgIpc) is 2.49. The summed E-state index contributed by atoms with van der Waals surface area (Å²) in [5.41, 5.74) is 1.94. The number of hydrogen-bond donors (Lipinski definition) is 1. The Hall–Kier alpha value is -2.48. The summed E-state index contributed by atoms with van der Waals surface area (Å²) >= 11 is 0. The van der Waals surface area contributed by atoms with Crippen molar-refractivity contribution in [2.24, 2.45) is 0 Å². The summed E-state index contributed by atoms with van der Waals surface area (Å²) in [5, 5.41) is 9.80. The molecule has 2 aromatic rings. The lowest BCUT2D eigenvalue weighted by Gasteiger charge is -1.99. The molecule has 0 aliphatic rings. The smallest absolute Gasteiger partial charge is 0.0758 e. The van der Waals surface area contributed by atoms with Crippen molar-refractivity contribution in [2.45, 2.75) is 18.9 Å². The van der Waals surface area contributed by atoms with Gasteiger partial charge >= 0.3 is 0 Å². The molecule has 0 atom stereocenters. The van der Waals surface area contributed by atoms with Gasteiger partial charge in [-0.05, 0) is 24.3 Å². The predicted octanol–water partition coefficient (Wildman–Crippen LogP) is 3.23. The minimum Gasteiger partial charge on any atom is -0.391 e. The van der Waals surface area contributed by atoms with Gasteiger partial charge in [0, 0.05) is 24.0 Å². The van der Waals surface area contributed by atoms with Crippen molar-refractivity contribution in [3.05, 3.63) is 71.8 Å². The molecule has 98 valence electrons. The van der Waals surface area contributed by atoms with E-state index in [0.717, 1.165) is 11.1 Å². The van der Waals surface area contributed by atoms with Crippen LogP contribution in [0.25, 0.3) is 0 Å². The molecule has 0 bridgehead atoms. The first kappa shape index (κ1) is 13.9. The van der Waals surface area contributed by atoms with E-state index in [4.69, 9.17) is 0 Å². The second kappa shape index (κ2) is 7.85. The van der Waals surface area contributed by atoms with Crippen molar-refractivity contribution in [3.63, 3.8) is 0 Å². The zero-order valence-corrected chi connectivity index (χ0v) is 11.2. The van der Waals surface area contributed by atoms with E-state index in [-0.39, 0.29) is 0 Å². The fourth-order valence-electron chi connectivity index (χ4n) is 1.66. The third-order valence-corrected chi connectivity index (χ3v) is 2.69. The Kier molecular flexibility index (Phi) is 5.47. The van der Waals surface area contributed by atoms with E-state index in [2.05, 4.69) is 23.7 Å². The van der Waals surface area contributed by atoms with E-state index >= 15 is 0 Å². The Labute approximate surface area is 120 Å². The highest BCUT2D eigenvalue weighted by Gasteiger charge is 1.97. The van der Waals surface area contributed by atoms with Gasteiger partial charge in [0.15, 0.2) is 0 Å². The van der Waals surface area contributed by atoms with Crippen LogP contribution in [-0.4, -0.2) is 11.2 Å². The summed E-state index contributed by atoms with van der Waals surface area (Å²) in [6.45, 7) is 0. The van der Waals surface area contributed by atoms with Crippen LogP contribution in [0.15, 0.2) is 60.7 Å². The maximum atomic E-state index is 9.80. The first-order valence-corrected chi connectivity index (χ1v) is 6.60. The quantitative estimate of drug-likeness (QED) is 0.822. The molecule has 0 aromatic heterocycles. The Morgan fingerprint density at radius 2 is 1.10 bits per heavy atom. The normalized spacial score (nSPS) is 9.30. The van der Waals surface area contributed by atoms with E-state index in [9.17, 15) is 5.11 Å². The lowest BCUT2D eigenvalue weighted by molar-refractivity contribution is 0.186. The largest absolute Gasteiger partial charge is 0.391 e. The standard InChI is InChI=1S/C19H16O/c20-19(15-7-13-17-9-3-1-4-10-17)16-8-14-18-11-5-2-6-12-18/h1-6,9-12,19-20H,15-16H2. The minimum absolute atomic E-state index is 0.443. The molecule has 0 saturated carbocycles. The van der Waals surface area contributed by atoms with E-state index in [1.165, 1.54) is 0 Å². The Morgan fingerprint density at radius 1 is 0.700 bits per heavy atom. The number of aliphatic hydroxyl groups excluding tert-OH is 1. The van der Waals surface area contributed by atoms with Crippen LogP contribution in [0.4, 0.5) is 0 Å². The first-order chi connectivity index (χ1) is 9.84. The number of aliphatic hydroxyl groups is 1. The molecule has 2 rings (SSSR count). The van der Waals surface area contributed by atoms with E-state index in [1.54, 1.807) is 0 Å². The van der Waals surface area contributed by atoms with Crippen LogP contribution >= 0.6 is 0 Å². The van der Waals surface area contributed by atoms with Gasteiger partial charge < -0.3 is 5.11 Å². The van der Waals surface area contributed by atoms with Gasteiger partial charge in [-0.2, -0.15) is 0 Å². The highest BCUT2D eigenvalue weighted by molar-refractivity contribution is 5.34. The van der Waals surface area contributed by atoms with Crippen molar-refractivity contribution in [3.8, 4) is 23.7 Å². The number of benzene rings is 2. The Balaban J connectivity index is 1.81. The zero-order valence-electron chi connectivity index (χ0n) is 11.2. The summed E-state index contributed by atoms with van der Waals surface area (Å²) in [4.78, 5) is 0. The molecule has 0 amide bonds. The van der Waals surface area contributed by atoms with Gasteiger partial charge in [-0.1, -0.05) is 60.1 Å². The van der Waals surface area contributed by atoms with Crippen LogP contribution in [0, 0.1) is 23.7 Å². The lowest BCUT2D eigenvalue weighted by Crippen LogP contribution is -2.02. The predicted molar refractivity (Wildman–Crippen MR) is 81.9 cm³/mol. The second-order valence-electron chi connectivity index (χ2n) is 4.40. The van der Waals surface area contributed by atoms with Crippen LogP contribution in [0.3, 0.4) is 0 Å². The maximum absolute atomic E-state index is 9.80. The number of rotatable bonds is 2. The molecule has 0 fully saturated rings. The van der Waals surface area contributed by atoms with E-state index in [0.29, 0.717) is 12.8 Å². The highest BCUT2D eigenvalue weighted by atomic mass is 16.3. The molecule has 0 saturated heterocycles. The Morgan fingerprint density at radius 3 is 1.50 bits per heavy atom. The molecule has 0 unspecified atom stereocenters. The molecule has 0 spiro atoms. The van der Waals surface area contributed by atoms with Crippen molar-refractivity contribution < 1.29 is 5.11 Å². The summed E-state index contributed by atoms with van der Waals surface area (Å²) in [6, 6.07) is 19.5. The average molecular weight is 260 g/mol. The highest BCUT2D eigenvalue weighted by Crippen LogP contribution is 1.99. The maximum Gasteiger partial charge on any atom is 0.0758 e. The van der Waals surface area contributed by atoms with E-state index in [1.807, 2.05) is 60.7 Å². The fourth-order valence-corrected chi connectivity index (χ4v) is 1.66. The summed E-state index contributed by atoms with van der Waals surface area (Å²) in [7, 11) is 0. The molecule has 20 heavy (non-hydrogen) atoms. The minimum atomic E-state index is -0.498. The fraction of sp³-hybridized carbons (Fsp3) is 0.158. The molecule has 1 heteroatoms. The van der Waals surface area contributed by atoms with E-state index < -0.39 is 6.10 Å². The molecule has 0 heterocycles. The second-order valence-corrected chi connectivity index (χ2v) is 4.40. The van der Waals surface area contributed by atoms with Gasteiger partial charge in [0.2, 0.25) is 0 Å². The van der Waals surface area contributed by atoms with Gasteiger partial charge in [-0.15, -0.1) is 0 Å².